The fraction of sp³-hybridized carbons (Fsp3) is 0.321. The highest BCUT2D eigenvalue weighted by molar-refractivity contribution is 6.31. The van der Waals surface area contributed by atoms with Gasteiger partial charge in [0.25, 0.3) is 5.56 Å². The summed E-state index contributed by atoms with van der Waals surface area (Å²) in [7, 11) is 0. The molecule has 0 saturated heterocycles. The third-order valence-corrected chi connectivity index (χ3v) is 6.65. The highest BCUT2D eigenvalue weighted by Crippen LogP contribution is 2.30. The maximum absolute atomic E-state index is 14.3. The van der Waals surface area contributed by atoms with Crippen LogP contribution in [0.25, 0.3) is 17.1 Å². The molecule has 0 amide bonds. The monoisotopic (exact) mass is 555 g/mol. The third-order valence-electron chi connectivity index (χ3n) is 6.30. The molecule has 0 fully saturated rings. The topological polar surface area (TPSA) is 103 Å². The van der Waals surface area contributed by atoms with Gasteiger partial charge in [-0.1, -0.05) is 18.0 Å². The van der Waals surface area contributed by atoms with Gasteiger partial charge in [-0.2, -0.15) is 0 Å². The highest BCUT2D eigenvalue weighted by Gasteiger charge is 2.23. The second kappa shape index (κ2) is 10.8. The molecule has 0 radical (unpaired) electrons. The Labute approximate surface area is 231 Å². The number of nitrogens with zero attached hydrogens (tertiary/aromatic N) is 5. The number of rotatable bonds is 5. The van der Waals surface area contributed by atoms with E-state index in [1.165, 1.54) is 16.8 Å². The van der Waals surface area contributed by atoms with Gasteiger partial charge in [0.2, 0.25) is 0 Å². The van der Waals surface area contributed by atoms with Gasteiger partial charge in [-0.3, -0.25) is 19.3 Å². The van der Waals surface area contributed by atoms with Gasteiger partial charge in [-0.05, 0) is 57.2 Å². The summed E-state index contributed by atoms with van der Waals surface area (Å²) in [5.41, 5.74) is -0.00347. The van der Waals surface area contributed by atoms with Crippen LogP contribution in [-0.2, 0) is 25.0 Å². The van der Waals surface area contributed by atoms with Crippen molar-refractivity contribution in [3.8, 4) is 22.8 Å². The first kappa shape index (κ1) is 24.3. The lowest BCUT2D eigenvalue weighted by atomic mass is 10.1. The van der Waals surface area contributed by atoms with Gasteiger partial charge in [0.1, 0.15) is 34.4 Å². The van der Waals surface area contributed by atoms with Gasteiger partial charge in [-0.15, -0.1) is 0 Å². The van der Waals surface area contributed by atoms with Crippen LogP contribution in [0.15, 0.2) is 47.7 Å². The van der Waals surface area contributed by atoms with Crippen molar-refractivity contribution < 1.29 is 21.4 Å². The van der Waals surface area contributed by atoms with Crippen LogP contribution in [0.5, 0.6) is 5.75 Å². The van der Waals surface area contributed by atoms with Crippen molar-refractivity contribution in [3.05, 3.63) is 92.6 Å². The molecule has 4 aromatic rings. The number of fused-ring (bicyclic) bond motifs is 3. The summed E-state index contributed by atoms with van der Waals surface area (Å²) in [4.78, 5) is 30.4. The minimum atomic E-state index is -2.86. The Morgan fingerprint density at radius 3 is 2.67 bits per heavy atom. The maximum Gasteiger partial charge on any atom is 0.277 e. The molecule has 5 rings (SSSR count). The van der Waals surface area contributed by atoms with Crippen molar-refractivity contribution in [2.24, 2.45) is 0 Å². The normalized spacial score (nSPS) is 14.7. The number of hydrogen-bond donors (Lipinski definition) is 1. The predicted molar refractivity (Wildman–Crippen MR) is 141 cm³/mol. The van der Waals surface area contributed by atoms with E-state index in [9.17, 15) is 18.7 Å². The van der Waals surface area contributed by atoms with Gasteiger partial charge in [0.05, 0.1) is 26.0 Å². The second-order valence-corrected chi connectivity index (χ2v) is 10.1. The fourth-order valence-electron chi connectivity index (χ4n) is 4.34. The molecule has 5 heterocycles. The largest absolute Gasteiger partial charge is 0.485 e. The van der Waals surface area contributed by atoms with E-state index in [1.54, 1.807) is 32.2 Å². The smallest absolute Gasteiger partial charge is 0.277 e. The summed E-state index contributed by atoms with van der Waals surface area (Å²) in [6.07, 6.45) is 7.41. The van der Waals surface area contributed by atoms with E-state index < -0.39 is 40.1 Å². The molecule has 0 spiro atoms. The number of hydrogen-bond acceptors (Lipinski definition) is 7. The molecule has 1 N–H and O–H groups in total. The van der Waals surface area contributed by atoms with Gasteiger partial charge in [0.15, 0.2) is 11.6 Å². The average molecular weight is 556 g/mol. The number of aliphatic hydroxyl groups is 1. The van der Waals surface area contributed by atoms with Crippen LogP contribution in [0.3, 0.4) is 0 Å². The number of aromatic nitrogens is 5. The van der Waals surface area contributed by atoms with E-state index >= 15 is 0 Å². The van der Waals surface area contributed by atoms with E-state index in [-0.39, 0.29) is 11.6 Å². The molecule has 1 aliphatic rings. The van der Waals surface area contributed by atoms with Crippen molar-refractivity contribution in [2.45, 2.75) is 58.1 Å². The van der Waals surface area contributed by atoms with Gasteiger partial charge in [-0.25, -0.2) is 18.7 Å². The molecule has 0 aliphatic carbocycles. The molecule has 11 heteroatoms. The van der Waals surface area contributed by atoms with Crippen LogP contribution >= 0.6 is 11.6 Å². The Morgan fingerprint density at radius 1 is 1.10 bits per heavy atom. The highest BCUT2D eigenvalue weighted by atomic mass is 35.5. The third kappa shape index (κ3) is 5.67. The summed E-state index contributed by atoms with van der Waals surface area (Å²) < 4.78 is 51.1. The molecule has 0 bridgehead atoms. The number of ether oxygens (including phenoxy) is 1. The fourth-order valence-corrected chi connectivity index (χ4v) is 4.51. The van der Waals surface area contributed by atoms with Crippen LogP contribution in [0.1, 0.15) is 58.6 Å². The first-order valence-corrected chi connectivity index (χ1v) is 12.7. The Kier molecular flexibility index (Phi) is 6.71. The lowest BCUT2D eigenvalue weighted by Crippen LogP contribution is -2.24. The van der Waals surface area contributed by atoms with E-state index in [1.807, 2.05) is 0 Å². The lowest BCUT2D eigenvalue weighted by molar-refractivity contribution is 0.0688. The first-order chi connectivity index (χ1) is 19.3. The van der Waals surface area contributed by atoms with E-state index in [0.29, 0.717) is 47.9 Å². The zero-order valence-corrected chi connectivity index (χ0v) is 22.0. The van der Waals surface area contributed by atoms with E-state index in [0.717, 1.165) is 24.8 Å². The van der Waals surface area contributed by atoms with Gasteiger partial charge >= 0.3 is 0 Å². The van der Waals surface area contributed by atoms with Crippen LogP contribution < -0.4 is 10.3 Å². The Hall–Kier alpha value is -3.76. The van der Waals surface area contributed by atoms with Gasteiger partial charge in [0, 0.05) is 30.2 Å². The summed E-state index contributed by atoms with van der Waals surface area (Å²) in [6.45, 7) is 0.291. The molecule has 202 valence electrons. The molecule has 8 nitrogen and oxygen atoms in total. The Morgan fingerprint density at radius 2 is 1.90 bits per heavy atom. The molecule has 39 heavy (non-hydrogen) atoms. The summed E-state index contributed by atoms with van der Waals surface area (Å²) in [6, 6.07) is 5.32. The molecular weight excluding hydrogens is 528 g/mol. The average Bonchev–Trinajstić information content (AvgIpc) is 2.99. The first-order valence-electron chi connectivity index (χ1n) is 13.4. The lowest BCUT2D eigenvalue weighted by Gasteiger charge is -2.19. The Bertz CT molecular complexity index is 1690. The standard InChI is InChI=1S/C28H26ClF2N5O3/c1-28(2,38)27-32-9-8-20(35-27)21-12-23-16(13-33-21)6-4-3-5-7-18-11-24(25(29)26(37)36(18)23)39-15-22-19(31)10-17(30)14-34-22/h8-14,38H,3-7,15H2,1-2H3/i15D2. The van der Waals surface area contributed by atoms with Gasteiger partial charge < -0.3 is 9.84 Å². The molecule has 0 atom stereocenters. The van der Waals surface area contributed by atoms with Crippen LogP contribution in [-0.4, -0.2) is 29.6 Å². The SMILES string of the molecule is [2H]C([2H])(Oc1cc2n(c(=O)c1Cl)-c1cc(-c3ccnc(C(C)(C)O)n3)ncc1CCCCC2)c1ncc(F)cc1F. The number of aryl methyl sites for hydroxylation is 2. The summed E-state index contributed by atoms with van der Waals surface area (Å²) in [5.74, 6) is -2.29. The molecular formula is C28H26ClF2N5O3. The minimum Gasteiger partial charge on any atom is -0.485 e. The second-order valence-electron chi connectivity index (χ2n) is 9.73. The maximum atomic E-state index is 14.3. The minimum absolute atomic E-state index is 0.212. The molecule has 0 aromatic carbocycles. The molecule has 4 aromatic heterocycles. The van der Waals surface area contributed by atoms with Crippen LogP contribution in [0.4, 0.5) is 8.78 Å². The van der Waals surface area contributed by atoms with Crippen molar-refractivity contribution in [3.63, 3.8) is 0 Å². The van der Waals surface area contributed by atoms with Crippen molar-refractivity contribution >= 4 is 11.6 Å². The predicted octanol–water partition coefficient (Wildman–Crippen LogP) is 5.09. The zero-order chi connectivity index (χ0) is 29.5. The molecule has 1 aliphatic heterocycles. The summed E-state index contributed by atoms with van der Waals surface area (Å²) >= 11 is 6.45. The quantitative estimate of drug-likeness (QED) is 0.366. The van der Waals surface area contributed by atoms with Crippen molar-refractivity contribution in [1.29, 1.82) is 0 Å². The number of halogens is 3. The molecule has 0 unspecified atom stereocenters. The Balaban J connectivity index is 1.63. The van der Waals surface area contributed by atoms with Crippen LogP contribution in [0.2, 0.25) is 5.02 Å². The van der Waals surface area contributed by atoms with E-state index in [2.05, 4.69) is 19.9 Å². The zero-order valence-electron chi connectivity index (χ0n) is 23.2. The number of pyridine rings is 3. The van der Waals surface area contributed by atoms with Crippen LogP contribution in [0, 0.1) is 11.6 Å². The van der Waals surface area contributed by atoms with Crippen molar-refractivity contribution in [2.75, 3.05) is 0 Å². The summed E-state index contributed by atoms with van der Waals surface area (Å²) in [5, 5.41) is 9.95. The molecule has 0 saturated carbocycles. The van der Waals surface area contributed by atoms with E-state index in [4.69, 9.17) is 19.1 Å². The van der Waals surface area contributed by atoms with Crippen molar-refractivity contribution in [1.82, 2.24) is 24.5 Å².